The summed E-state index contributed by atoms with van der Waals surface area (Å²) < 4.78 is 22.9. The third-order valence-corrected chi connectivity index (χ3v) is 5.87. The van der Waals surface area contributed by atoms with Crippen molar-refractivity contribution in [1.82, 2.24) is 9.88 Å². The van der Waals surface area contributed by atoms with E-state index in [4.69, 9.17) is 18.9 Å². The highest BCUT2D eigenvalue weighted by Gasteiger charge is 2.35. The number of fused-ring (bicyclic) bond motifs is 3. The van der Waals surface area contributed by atoms with Crippen LogP contribution >= 0.6 is 0 Å². The average Bonchev–Trinajstić information content (AvgIpc) is 3.17. The number of carbonyl (C=O) groups is 1. The Morgan fingerprint density at radius 1 is 1.12 bits per heavy atom. The second-order valence-corrected chi connectivity index (χ2v) is 8.04. The number of Topliss-reactive ketones (excluding diaryl/α,β-unsaturated/α-hetero) is 1. The molecular formula is C26H24N2O5. The number of pyridine rings is 1. The molecule has 0 fully saturated rings. The van der Waals surface area contributed by atoms with E-state index in [0.717, 1.165) is 28.0 Å². The van der Waals surface area contributed by atoms with Gasteiger partial charge >= 0.3 is 0 Å². The van der Waals surface area contributed by atoms with Crippen LogP contribution < -0.4 is 18.9 Å². The van der Waals surface area contributed by atoms with Crippen molar-refractivity contribution in [3.63, 3.8) is 0 Å². The van der Waals surface area contributed by atoms with Gasteiger partial charge in [0.1, 0.15) is 29.7 Å². The summed E-state index contributed by atoms with van der Waals surface area (Å²) in [5.74, 6) is 2.72. The molecule has 7 heteroatoms. The molecule has 0 atom stereocenters. The number of benzene rings is 2. The summed E-state index contributed by atoms with van der Waals surface area (Å²) in [5.41, 5.74) is 4.18. The van der Waals surface area contributed by atoms with Gasteiger partial charge in [0.15, 0.2) is 5.76 Å². The van der Waals surface area contributed by atoms with E-state index in [2.05, 4.69) is 9.88 Å². The maximum absolute atomic E-state index is 13.3. The molecule has 1 aromatic heterocycles. The number of rotatable bonds is 5. The first-order valence-electron chi connectivity index (χ1n) is 10.6. The van der Waals surface area contributed by atoms with Crippen molar-refractivity contribution in [1.29, 1.82) is 0 Å². The minimum Gasteiger partial charge on any atom is -0.497 e. The van der Waals surface area contributed by atoms with E-state index >= 15 is 0 Å². The van der Waals surface area contributed by atoms with Gasteiger partial charge in [-0.05, 0) is 54.5 Å². The highest BCUT2D eigenvalue weighted by Crippen LogP contribution is 2.44. The number of ketones is 1. The number of carbonyl (C=O) groups excluding carboxylic acids is 1. The molecule has 0 saturated heterocycles. The predicted molar refractivity (Wildman–Crippen MR) is 123 cm³/mol. The maximum atomic E-state index is 13.3. The highest BCUT2D eigenvalue weighted by atomic mass is 16.5. The van der Waals surface area contributed by atoms with Crippen LogP contribution in [0.15, 0.2) is 54.6 Å². The lowest BCUT2D eigenvalue weighted by atomic mass is 9.98. The summed E-state index contributed by atoms with van der Waals surface area (Å²) in [6.45, 7) is 3.70. The van der Waals surface area contributed by atoms with Crippen LogP contribution in [0.5, 0.6) is 23.0 Å². The molecule has 2 aliphatic rings. The zero-order chi connectivity index (χ0) is 22.9. The average molecular weight is 444 g/mol. The van der Waals surface area contributed by atoms with Crippen LogP contribution in [0.1, 0.15) is 32.6 Å². The molecule has 7 nitrogen and oxygen atoms in total. The summed E-state index contributed by atoms with van der Waals surface area (Å²) in [5, 5.41) is 0. The number of methoxy groups -OCH3 is 2. The molecule has 0 unspecified atom stereocenters. The summed E-state index contributed by atoms with van der Waals surface area (Å²) in [6, 6.07) is 11.3. The van der Waals surface area contributed by atoms with E-state index in [1.165, 1.54) is 0 Å². The monoisotopic (exact) mass is 444 g/mol. The first-order chi connectivity index (χ1) is 16.1. The molecule has 0 spiro atoms. The molecule has 0 amide bonds. The van der Waals surface area contributed by atoms with Gasteiger partial charge in [0.2, 0.25) is 5.78 Å². The van der Waals surface area contributed by atoms with Crippen molar-refractivity contribution in [2.75, 3.05) is 21.0 Å². The van der Waals surface area contributed by atoms with Crippen molar-refractivity contribution in [2.24, 2.45) is 0 Å². The Hall–Kier alpha value is -3.84. The zero-order valence-electron chi connectivity index (χ0n) is 18.8. The van der Waals surface area contributed by atoms with Crippen LogP contribution in [-0.2, 0) is 13.1 Å². The minimum absolute atomic E-state index is 0.144. The maximum Gasteiger partial charge on any atom is 0.232 e. The van der Waals surface area contributed by atoms with Crippen molar-refractivity contribution in [2.45, 2.75) is 20.0 Å². The Balaban J connectivity index is 1.47. The smallest absolute Gasteiger partial charge is 0.232 e. The fraction of sp³-hybridized carbons (Fsp3) is 0.231. The van der Waals surface area contributed by atoms with Gasteiger partial charge in [0, 0.05) is 37.1 Å². The van der Waals surface area contributed by atoms with Crippen molar-refractivity contribution in [3.05, 3.63) is 82.4 Å². The van der Waals surface area contributed by atoms with Crippen LogP contribution in [0.3, 0.4) is 0 Å². The van der Waals surface area contributed by atoms with Crippen molar-refractivity contribution >= 4 is 11.9 Å². The molecule has 0 bridgehead atoms. The third-order valence-electron chi connectivity index (χ3n) is 5.87. The second kappa shape index (κ2) is 8.60. The Kier molecular flexibility index (Phi) is 5.48. The van der Waals surface area contributed by atoms with Crippen LogP contribution in [-0.4, -0.2) is 36.6 Å². The van der Waals surface area contributed by atoms with E-state index in [0.29, 0.717) is 42.6 Å². The fourth-order valence-corrected chi connectivity index (χ4v) is 4.20. The lowest BCUT2D eigenvalue weighted by Gasteiger charge is -2.30. The molecular weight excluding hydrogens is 420 g/mol. The predicted octanol–water partition coefficient (Wildman–Crippen LogP) is 4.38. The Labute approximate surface area is 192 Å². The van der Waals surface area contributed by atoms with Crippen molar-refractivity contribution in [3.8, 4) is 23.0 Å². The number of nitrogens with zero attached hydrogens (tertiary/aromatic N) is 2. The molecule has 0 aliphatic carbocycles. The summed E-state index contributed by atoms with van der Waals surface area (Å²) in [7, 11) is 3.18. The minimum atomic E-state index is -0.144. The van der Waals surface area contributed by atoms with E-state index in [9.17, 15) is 4.79 Å². The van der Waals surface area contributed by atoms with Gasteiger partial charge < -0.3 is 18.9 Å². The molecule has 0 saturated carbocycles. The van der Waals surface area contributed by atoms with Gasteiger partial charge in [0.25, 0.3) is 0 Å². The molecule has 5 rings (SSSR count). The molecule has 0 N–H and O–H groups in total. The lowest BCUT2D eigenvalue weighted by molar-refractivity contribution is 0.0872. The first-order valence-corrected chi connectivity index (χ1v) is 10.6. The third kappa shape index (κ3) is 3.91. The summed E-state index contributed by atoms with van der Waals surface area (Å²) in [4.78, 5) is 19.5. The van der Waals surface area contributed by atoms with Gasteiger partial charge in [-0.2, -0.15) is 0 Å². The van der Waals surface area contributed by atoms with Crippen LogP contribution in [0, 0.1) is 6.92 Å². The SMILES string of the molecule is COc1ccc(/C=C2\Oc3c4c(cc(C)c3C2=O)OCN(Cc2ccncc2)C4)c(OC)c1. The van der Waals surface area contributed by atoms with E-state index in [-0.39, 0.29) is 11.5 Å². The van der Waals surface area contributed by atoms with Gasteiger partial charge in [-0.1, -0.05) is 0 Å². The number of aromatic nitrogens is 1. The van der Waals surface area contributed by atoms with Gasteiger partial charge in [-0.15, -0.1) is 0 Å². The first kappa shape index (κ1) is 21.0. The largest absolute Gasteiger partial charge is 0.497 e. The molecule has 2 aromatic carbocycles. The summed E-state index contributed by atoms with van der Waals surface area (Å²) in [6.07, 6.45) is 5.27. The number of ether oxygens (including phenoxy) is 4. The number of hydrogen-bond acceptors (Lipinski definition) is 7. The van der Waals surface area contributed by atoms with Crippen LogP contribution in [0.25, 0.3) is 6.08 Å². The zero-order valence-corrected chi connectivity index (χ0v) is 18.8. The molecule has 3 aromatic rings. The molecule has 168 valence electrons. The van der Waals surface area contributed by atoms with E-state index in [1.807, 2.05) is 37.3 Å². The Bertz CT molecular complexity index is 1250. The fourth-order valence-electron chi connectivity index (χ4n) is 4.20. The number of hydrogen-bond donors (Lipinski definition) is 0. The molecule has 3 heterocycles. The standard InChI is InChI=1S/C26H24N2O5/c1-16-10-22-20(14-28(15-32-22)13-17-6-8-27-9-7-17)26-24(16)25(29)23(33-26)11-18-4-5-19(30-2)12-21(18)31-3/h4-12H,13-15H2,1-3H3/b23-11-. The molecule has 0 radical (unpaired) electrons. The topological polar surface area (TPSA) is 70.1 Å². The number of aryl methyl sites for hydroxylation is 1. The Morgan fingerprint density at radius 2 is 1.94 bits per heavy atom. The van der Waals surface area contributed by atoms with Gasteiger partial charge in [0.05, 0.1) is 25.3 Å². The molecule has 33 heavy (non-hydrogen) atoms. The summed E-state index contributed by atoms with van der Waals surface area (Å²) >= 11 is 0. The number of allylic oxidation sites excluding steroid dienone is 1. The quantitative estimate of drug-likeness (QED) is 0.541. The van der Waals surface area contributed by atoms with Crippen molar-refractivity contribution < 1.29 is 23.7 Å². The normalized spacial score (nSPS) is 16.1. The highest BCUT2D eigenvalue weighted by molar-refractivity contribution is 6.16. The van der Waals surface area contributed by atoms with Gasteiger partial charge in [-0.3, -0.25) is 14.7 Å². The second-order valence-electron chi connectivity index (χ2n) is 8.04. The van der Waals surface area contributed by atoms with E-state index < -0.39 is 0 Å². The van der Waals surface area contributed by atoms with Crippen LogP contribution in [0.2, 0.25) is 0 Å². The lowest BCUT2D eigenvalue weighted by Crippen LogP contribution is -2.31. The van der Waals surface area contributed by atoms with E-state index in [1.54, 1.807) is 38.8 Å². The van der Waals surface area contributed by atoms with Gasteiger partial charge in [-0.25, -0.2) is 0 Å². The Morgan fingerprint density at radius 3 is 2.70 bits per heavy atom. The molecule has 2 aliphatic heterocycles. The van der Waals surface area contributed by atoms with Crippen LogP contribution in [0.4, 0.5) is 0 Å².